The third-order valence-corrected chi connectivity index (χ3v) is 6.09. The fraction of sp³-hybridized carbons (Fsp3) is 0.217. The zero-order valence-electron chi connectivity index (χ0n) is 17.2. The number of carbonyl (C=O) groups excluding carboxylic acids is 2. The van der Waals surface area contributed by atoms with Crippen LogP contribution < -0.4 is 9.64 Å². The molecule has 31 heavy (non-hydrogen) atoms. The van der Waals surface area contributed by atoms with Gasteiger partial charge in [0.2, 0.25) is 0 Å². The Hall–Kier alpha value is -2.97. The van der Waals surface area contributed by atoms with Crippen molar-refractivity contribution in [3.8, 4) is 5.75 Å². The molecule has 160 valence electrons. The number of nitrogens with zero attached hydrogens (tertiary/aromatic N) is 1. The van der Waals surface area contributed by atoms with Gasteiger partial charge in [-0.3, -0.25) is 14.5 Å². The molecule has 0 bridgehead atoms. The zero-order chi connectivity index (χ0) is 22.7. The predicted molar refractivity (Wildman–Crippen MR) is 126 cm³/mol. The van der Waals surface area contributed by atoms with E-state index in [9.17, 15) is 19.5 Å². The molecule has 1 N–H and O–H groups in total. The highest BCUT2D eigenvalue weighted by atomic mass is 32.2. The summed E-state index contributed by atoms with van der Waals surface area (Å²) in [6.45, 7) is 5.14. The first-order valence-corrected chi connectivity index (χ1v) is 10.8. The normalized spacial score (nSPS) is 16.0. The molecule has 0 aromatic heterocycles. The van der Waals surface area contributed by atoms with Crippen LogP contribution in [0.3, 0.4) is 0 Å². The summed E-state index contributed by atoms with van der Waals surface area (Å²) in [4.78, 5) is 38.0. The molecule has 2 aromatic rings. The van der Waals surface area contributed by atoms with E-state index >= 15 is 0 Å². The third-order valence-electron chi connectivity index (χ3n) is 4.79. The minimum atomic E-state index is -1.08. The lowest BCUT2D eigenvalue weighted by Crippen LogP contribution is -2.28. The van der Waals surface area contributed by atoms with Crippen molar-refractivity contribution in [2.45, 2.75) is 33.3 Å². The quantitative estimate of drug-likeness (QED) is 0.472. The second kappa shape index (κ2) is 9.45. The van der Waals surface area contributed by atoms with Gasteiger partial charge in [0.15, 0.2) is 16.2 Å². The first-order chi connectivity index (χ1) is 14.7. The summed E-state index contributed by atoms with van der Waals surface area (Å²) in [6.07, 6.45) is 1.65. The van der Waals surface area contributed by atoms with E-state index in [1.807, 2.05) is 13.0 Å². The largest absolute Gasteiger partial charge is 0.482 e. The standard InChI is InChI=1S/C23H21NO5S2/c1-4-18(14(3)25)29-19-8-6-5-7-15(19)12-20-21(26)24(23(30)31-20)17-11-16(22(27)28)10-9-13(17)2/h5-12,18H,4H2,1-3H3,(H,27,28)/b20-12-. The molecular formula is C23H21NO5S2. The number of carboxylic acid groups (broad SMARTS) is 1. The van der Waals surface area contributed by atoms with Gasteiger partial charge in [-0.2, -0.15) is 0 Å². The Labute approximate surface area is 189 Å². The van der Waals surface area contributed by atoms with Crippen LogP contribution in [0.4, 0.5) is 5.69 Å². The van der Waals surface area contributed by atoms with Crippen molar-refractivity contribution >= 4 is 57.7 Å². The van der Waals surface area contributed by atoms with Gasteiger partial charge < -0.3 is 9.84 Å². The third kappa shape index (κ3) is 4.86. The minimum absolute atomic E-state index is 0.0718. The molecule has 2 aromatic carbocycles. The summed E-state index contributed by atoms with van der Waals surface area (Å²) in [7, 11) is 0. The van der Waals surface area contributed by atoms with E-state index in [2.05, 4.69) is 0 Å². The Kier molecular flexibility index (Phi) is 6.92. The van der Waals surface area contributed by atoms with Gasteiger partial charge >= 0.3 is 5.97 Å². The van der Waals surface area contributed by atoms with Crippen molar-refractivity contribution in [3.63, 3.8) is 0 Å². The second-order valence-corrected chi connectivity index (χ2v) is 8.66. The maximum atomic E-state index is 13.2. The van der Waals surface area contributed by atoms with Crippen molar-refractivity contribution in [2.24, 2.45) is 0 Å². The molecule has 1 aliphatic heterocycles. The number of rotatable bonds is 7. The predicted octanol–water partition coefficient (Wildman–Crippen LogP) is 4.85. The van der Waals surface area contributed by atoms with Crippen LogP contribution in [0.5, 0.6) is 5.75 Å². The highest BCUT2D eigenvalue weighted by molar-refractivity contribution is 8.27. The number of carbonyl (C=O) groups is 3. The number of ketones is 1. The number of ether oxygens (including phenoxy) is 1. The number of amides is 1. The Morgan fingerprint density at radius 3 is 2.61 bits per heavy atom. The fourth-order valence-corrected chi connectivity index (χ4v) is 4.39. The number of hydrogen-bond donors (Lipinski definition) is 1. The molecule has 1 unspecified atom stereocenters. The van der Waals surface area contributed by atoms with Crippen LogP contribution in [0.15, 0.2) is 47.4 Å². The summed E-state index contributed by atoms with van der Waals surface area (Å²) >= 11 is 6.55. The number of hydrogen-bond acceptors (Lipinski definition) is 6. The number of thiocarbonyl (C=S) groups is 1. The van der Waals surface area contributed by atoms with Crippen LogP contribution in [0.1, 0.15) is 41.8 Å². The van der Waals surface area contributed by atoms with E-state index in [4.69, 9.17) is 17.0 Å². The van der Waals surface area contributed by atoms with Crippen LogP contribution in [-0.2, 0) is 9.59 Å². The Morgan fingerprint density at radius 2 is 1.97 bits per heavy atom. The molecule has 6 nitrogen and oxygen atoms in total. The summed E-state index contributed by atoms with van der Waals surface area (Å²) in [5, 5.41) is 9.29. The molecule has 1 heterocycles. The van der Waals surface area contributed by atoms with E-state index < -0.39 is 12.1 Å². The summed E-state index contributed by atoms with van der Waals surface area (Å²) in [6, 6.07) is 11.7. The first-order valence-electron chi connectivity index (χ1n) is 9.61. The lowest BCUT2D eigenvalue weighted by Gasteiger charge is -2.18. The lowest BCUT2D eigenvalue weighted by molar-refractivity contribution is -0.123. The van der Waals surface area contributed by atoms with Crippen molar-refractivity contribution in [1.82, 2.24) is 0 Å². The van der Waals surface area contributed by atoms with E-state index in [0.717, 1.165) is 17.3 Å². The summed E-state index contributed by atoms with van der Waals surface area (Å²) in [5.74, 6) is -0.991. The zero-order valence-corrected chi connectivity index (χ0v) is 18.9. The number of anilines is 1. The van der Waals surface area contributed by atoms with Gasteiger partial charge in [0, 0.05) is 5.56 Å². The van der Waals surface area contributed by atoms with Crippen LogP contribution in [0.25, 0.3) is 6.08 Å². The van der Waals surface area contributed by atoms with Crippen LogP contribution >= 0.6 is 24.0 Å². The molecule has 0 radical (unpaired) electrons. The molecule has 1 saturated heterocycles. The van der Waals surface area contributed by atoms with Gasteiger partial charge in [-0.25, -0.2) is 4.79 Å². The van der Waals surface area contributed by atoms with E-state index in [0.29, 0.717) is 32.6 Å². The number of carboxylic acids is 1. The van der Waals surface area contributed by atoms with E-state index in [1.54, 1.807) is 37.3 Å². The van der Waals surface area contributed by atoms with E-state index in [-0.39, 0.29) is 17.3 Å². The Morgan fingerprint density at radius 1 is 1.26 bits per heavy atom. The molecule has 1 amide bonds. The van der Waals surface area contributed by atoms with Crippen molar-refractivity contribution in [3.05, 3.63) is 64.1 Å². The SMILES string of the molecule is CCC(Oc1ccccc1/C=C1\SC(=S)N(c2cc(C(=O)O)ccc2C)C1=O)C(C)=O. The Bertz CT molecular complexity index is 1110. The number of aromatic carboxylic acids is 1. The van der Waals surface area contributed by atoms with Crippen LogP contribution in [0.2, 0.25) is 0 Å². The van der Waals surface area contributed by atoms with Gasteiger partial charge in [0.05, 0.1) is 16.2 Å². The molecule has 1 aliphatic rings. The smallest absolute Gasteiger partial charge is 0.335 e. The Balaban J connectivity index is 1.96. The lowest BCUT2D eigenvalue weighted by atomic mass is 10.1. The summed E-state index contributed by atoms with van der Waals surface area (Å²) in [5.41, 5.74) is 1.91. The second-order valence-electron chi connectivity index (χ2n) is 6.99. The van der Waals surface area contributed by atoms with E-state index in [1.165, 1.54) is 24.0 Å². The van der Waals surface area contributed by atoms with Gasteiger partial charge in [-0.05, 0) is 50.1 Å². The molecule has 8 heteroatoms. The molecule has 1 atom stereocenters. The summed E-state index contributed by atoms with van der Waals surface area (Å²) < 4.78 is 6.19. The maximum Gasteiger partial charge on any atom is 0.335 e. The van der Waals surface area contributed by atoms with Crippen molar-refractivity contribution < 1.29 is 24.2 Å². The maximum absolute atomic E-state index is 13.2. The van der Waals surface area contributed by atoms with Crippen molar-refractivity contribution in [2.75, 3.05) is 4.90 Å². The monoisotopic (exact) mass is 455 g/mol. The molecular weight excluding hydrogens is 434 g/mol. The van der Waals surface area contributed by atoms with Gasteiger partial charge in [-0.1, -0.05) is 55.2 Å². The first kappa shape index (κ1) is 22.7. The van der Waals surface area contributed by atoms with Crippen LogP contribution in [-0.4, -0.2) is 33.2 Å². The number of thioether (sulfide) groups is 1. The number of Topliss-reactive ketones (excluding diaryl/α,β-unsaturated/α-hetero) is 1. The van der Waals surface area contributed by atoms with Gasteiger partial charge in [-0.15, -0.1) is 0 Å². The fourth-order valence-electron chi connectivity index (χ4n) is 3.11. The number of para-hydroxylation sites is 1. The average molecular weight is 456 g/mol. The molecule has 3 rings (SSSR count). The highest BCUT2D eigenvalue weighted by Crippen LogP contribution is 2.38. The van der Waals surface area contributed by atoms with Crippen LogP contribution in [0, 0.1) is 6.92 Å². The average Bonchev–Trinajstić information content (AvgIpc) is 3.00. The molecule has 0 saturated carbocycles. The van der Waals surface area contributed by atoms with Gasteiger partial charge in [0.25, 0.3) is 5.91 Å². The topological polar surface area (TPSA) is 83.9 Å². The minimum Gasteiger partial charge on any atom is -0.482 e. The molecule has 0 spiro atoms. The van der Waals surface area contributed by atoms with Crippen molar-refractivity contribution in [1.29, 1.82) is 0 Å². The number of aryl methyl sites for hydroxylation is 1. The number of benzene rings is 2. The molecule has 0 aliphatic carbocycles. The highest BCUT2D eigenvalue weighted by Gasteiger charge is 2.34. The van der Waals surface area contributed by atoms with Gasteiger partial charge in [0.1, 0.15) is 5.75 Å². The molecule has 1 fully saturated rings.